The Morgan fingerprint density at radius 3 is 0.400 bits per heavy atom. The molecule has 0 aliphatic heterocycles. The van der Waals surface area contributed by atoms with E-state index in [1.807, 2.05) is 0 Å². The molecule has 15 heavy (non-hydrogen) atoms. The van der Waals surface area contributed by atoms with Gasteiger partial charge in [-0.05, 0) is 0 Å². The van der Waals surface area contributed by atoms with E-state index in [-0.39, 0.29) is 67.4 Å². The average Bonchev–Trinajstić information content (AvgIpc) is 1.12. The van der Waals surface area contributed by atoms with E-state index in [1.54, 1.807) is 0 Å². The van der Waals surface area contributed by atoms with Crippen LogP contribution in [0, 0.1) is 20.5 Å². The summed E-state index contributed by atoms with van der Waals surface area (Å²) in [6.07, 6.45) is 0. The third-order valence-electron chi connectivity index (χ3n) is 0. The van der Waals surface area contributed by atoms with E-state index in [2.05, 4.69) is 0 Å². The van der Waals surface area contributed by atoms with Crippen LogP contribution < -0.4 is 37.3 Å². The van der Waals surface area contributed by atoms with E-state index in [0.29, 0.717) is 0 Å². The standard InChI is InChI=1S/2ClHO4.4H2O.Sr/c2*2-1(3,4)5;;;;;/h2*(H,2,3,4,5);4*1H2;/q;;;;;;+2/p-2. The second-order valence-corrected chi connectivity index (χ2v) is 2.27. The van der Waals surface area contributed by atoms with Crippen molar-refractivity contribution in [2.75, 3.05) is 0 Å². The van der Waals surface area contributed by atoms with E-state index < -0.39 is 20.5 Å². The Kier molecular flexibility index (Phi) is 52.5. The van der Waals surface area contributed by atoms with Crippen molar-refractivity contribution in [3.8, 4) is 0 Å². The smallest absolute Gasteiger partial charge is 0.412 e. The summed E-state index contributed by atoms with van der Waals surface area (Å²) in [5, 5.41) is 0. The van der Waals surface area contributed by atoms with Crippen molar-refractivity contribution in [3.05, 3.63) is 0 Å². The van der Waals surface area contributed by atoms with Crippen molar-refractivity contribution in [3.63, 3.8) is 0 Å². The zero-order chi connectivity index (χ0) is 9.00. The molecule has 0 fully saturated rings. The molecule has 12 nitrogen and oxygen atoms in total. The van der Waals surface area contributed by atoms with Crippen LogP contribution in [-0.2, 0) is 0 Å². The molecular formula is H8Cl2O12Sr. The third-order valence-corrected chi connectivity index (χ3v) is 0. The van der Waals surface area contributed by atoms with Gasteiger partial charge in [0.25, 0.3) is 0 Å². The Balaban J connectivity index is -0.0000000128. The summed E-state index contributed by atoms with van der Waals surface area (Å²) in [4.78, 5) is 0. The SMILES string of the molecule is O.O.O.O.[O-][Cl+3]([O-])([O-])[O-].[O-][Cl+3]([O-])([O-])[O-].[Sr+2]. The van der Waals surface area contributed by atoms with Gasteiger partial charge < -0.3 is 21.9 Å². The number of rotatable bonds is 0. The summed E-state index contributed by atoms with van der Waals surface area (Å²) in [7, 11) is -9.89. The van der Waals surface area contributed by atoms with Gasteiger partial charge >= 0.3 is 45.5 Å². The fraction of sp³-hybridized carbons (Fsp3) is 0. The van der Waals surface area contributed by atoms with Crippen LogP contribution in [0.15, 0.2) is 0 Å². The molecule has 0 aliphatic rings. The first-order chi connectivity index (χ1) is 4.00. The first kappa shape index (κ1) is 43.9. The van der Waals surface area contributed by atoms with Crippen molar-refractivity contribution in [2.45, 2.75) is 0 Å². The first-order valence-electron chi connectivity index (χ1n) is 1.23. The summed E-state index contributed by atoms with van der Waals surface area (Å²) in [6, 6.07) is 0. The molecule has 0 bridgehead atoms. The minimum Gasteiger partial charge on any atom is -0.412 e. The van der Waals surface area contributed by atoms with Crippen LogP contribution in [0.2, 0.25) is 0 Å². The fourth-order valence-corrected chi connectivity index (χ4v) is 0. The summed E-state index contributed by atoms with van der Waals surface area (Å²) < 4.78 is 67.9. The third kappa shape index (κ3) is 1150. The molecule has 0 saturated heterocycles. The van der Waals surface area contributed by atoms with E-state index in [9.17, 15) is 0 Å². The van der Waals surface area contributed by atoms with Crippen LogP contribution in [0.3, 0.4) is 0 Å². The Morgan fingerprint density at radius 1 is 0.400 bits per heavy atom. The molecule has 0 aliphatic carbocycles. The molecule has 0 aromatic heterocycles. The predicted octanol–water partition coefficient (Wildman–Crippen LogP) is -13.2. The van der Waals surface area contributed by atoms with Crippen LogP contribution >= 0.6 is 0 Å². The Morgan fingerprint density at radius 2 is 0.400 bits per heavy atom. The average molecular weight is 359 g/mol. The summed E-state index contributed by atoms with van der Waals surface area (Å²) in [6.45, 7) is 0. The van der Waals surface area contributed by atoms with Gasteiger partial charge in [-0.1, -0.05) is 0 Å². The van der Waals surface area contributed by atoms with Crippen molar-refractivity contribution in [1.82, 2.24) is 0 Å². The minimum atomic E-state index is -4.94. The minimum absolute atomic E-state index is 0. The molecule has 0 heterocycles. The second kappa shape index (κ2) is 18.0. The van der Waals surface area contributed by atoms with Gasteiger partial charge in [0.05, 0.1) is 0 Å². The van der Waals surface area contributed by atoms with E-state index in [1.165, 1.54) is 0 Å². The molecule has 0 amide bonds. The van der Waals surface area contributed by atoms with Crippen LogP contribution in [0.5, 0.6) is 0 Å². The van der Waals surface area contributed by atoms with Gasteiger partial charge in [-0.3, -0.25) is 0 Å². The van der Waals surface area contributed by atoms with Crippen LogP contribution in [0.1, 0.15) is 0 Å². The second-order valence-electron chi connectivity index (χ2n) is 0.756. The quantitative estimate of drug-likeness (QED) is 0.373. The molecule has 15 heteroatoms. The maximum absolute atomic E-state index is 8.49. The monoisotopic (exact) mass is 358 g/mol. The zero-order valence-corrected chi connectivity index (χ0v) is 11.7. The van der Waals surface area contributed by atoms with Crippen molar-refractivity contribution < 1.29 is 79.7 Å². The van der Waals surface area contributed by atoms with Gasteiger partial charge in [0.2, 0.25) is 0 Å². The van der Waals surface area contributed by atoms with E-state index >= 15 is 0 Å². The zero-order valence-electron chi connectivity index (χ0n) is 6.73. The Bertz CT molecular complexity index is 56.6. The van der Waals surface area contributed by atoms with Gasteiger partial charge in [-0.25, -0.2) is 37.3 Å². The van der Waals surface area contributed by atoms with Gasteiger partial charge in [0.15, 0.2) is 0 Å². The van der Waals surface area contributed by atoms with Crippen molar-refractivity contribution in [2.24, 2.45) is 0 Å². The Labute approximate surface area is 124 Å². The number of halogens is 2. The normalized spacial score (nSPS) is 8.00. The molecule has 0 spiro atoms. The maximum atomic E-state index is 8.49. The largest absolute Gasteiger partial charge is 2.00 e. The Hall–Kier alpha value is 1.58. The summed E-state index contributed by atoms with van der Waals surface area (Å²) in [5.74, 6) is 0. The van der Waals surface area contributed by atoms with E-state index in [4.69, 9.17) is 37.3 Å². The first-order valence-corrected chi connectivity index (χ1v) is 3.70. The van der Waals surface area contributed by atoms with Crippen molar-refractivity contribution in [1.29, 1.82) is 0 Å². The topological polar surface area (TPSA) is 310 Å². The molecule has 0 unspecified atom stereocenters. The molecule has 8 N–H and O–H groups in total. The molecule has 0 aromatic carbocycles. The fourth-order valence-electron chi connectivity index (χ4n) is 0. The van der Waals surface area contributed by atoms with Gasteiger partial charge in [0.1, 0.15) is 0 Å². The maximum Gasteiger partial charge on any atom is 2.00 e. The van der Waals surface area contributed by atoms with Crippen LogP contribution in [0.4, 0.5) is 0 Å². The molecule has 0 atom stereocenters. The molecule has 0 saturated carbocycles. The van der Waals surface area contributed by atoms with Gasteiger partial charge in [-0.15, -0.1) is 20.5 Å². The number of hydrogen-bond acceptors (Lipinski definition) is 8. The molecule has 0 aromatic rings. The molecule has 0 rings (SSSR count). The van der Waals surface area contributed by atoms with Crippen molar-refractivity contribution >= 4 is 45.5 Å². The molecular weight excluding hydrogens is 351 g/mol. The van der Waals surface area contributed by atoms with Gasteiger partial charge in [-0.2, -0.15) is 0 Å². The summed E-state index contributed by atoms with van der Waals surface area (Å²) >= 11 is 0. The van der Waals surface area contributed by atoms with Gasteiger partial charge in [0, 0.05) is 0 Å². The molecule has 0 radical (unpaired) electrons. The summed E-state index contributed by atoms with van der Waals surface area (Å²) in [5.41, 5.74) is 0. The van der Waals surface area contributed by atoms with Crippen LogP contribution in [-0.4, -0.2) is 67.4 Å². The predicted molar refractivity (Wildman–Crippen MR) is 20.2 cm³/mol. The van der Waals surface area contributed by atoms with Crippen LogP contribution in [0.25, 0.3) is 0 Å². The van der Waals surface area contributed by atoms with E-state index in [0.717, 1.165) is 0 Å². The molecule has 96 valence electrons. The number of hydrogen-bond donors (Lipinski definition) is 0.